The first-order chi connectivity index (χ1) is 8.63. The summed E-state index contributed by atoms with van der Waals surface area (Å²) >= 11 is 4.03. The molecule has 0 fully saturated rings. The van der Waals surface area contributed by atoms with Crippen LogP contribution in [0.2, 0.25) is 0 Å². The molecule has 0 heterocycles. The van der Waals surface area contributed by atoms with Crippen LogP contribution in [0, 0.1) is 5.92 Å². The standard InChI is InChI=1S/C15H22O2S/c1-12(2)15(16)9-4-3-6-13-7-5-8-14(10-13)17-11-18/h5,7-8,10,12,18H,3-4,6,9,11H2,1-2H3. The third-order valence-corrected chi connectivity index (χ3v) is 3.04. The molecule has 0 aliphatic heterocycles. The molecule has 0 bridgehead atoms. The average molecular weight is 266 g/mol. The number of benzene rings is 1. The molecule has 1 rings (SSSR count). The number of carbonyl (C=O) groups excluding carboxylic acids is 1. The first kappa shape index (κ1) is 15.1. The van der Waals surface area contributed by atoms with Crippen molar-refractivity contribution < 1.29 is 9.53 Å². The summed E-state index contributed by atoms with van der Waals surface area (Å²) in [6.45, 7) is 3.92. The van der Waals surface area contributed by atoms with Crippen molar-refractivity contribution in [2.75, 3.05) is 5.94 Å². The van der Waals surface area contributed by atoms with Crippen LogP contribution in [0.25, 0.3) is 0 Å². The van der Waals surface area contributed by atoms with E-state index in [2.05, 4.69) is 18.7 Å². The topological polar surface area (TPSA) is 26.3 Å². The second kappa shape index (κ2) is 8.20. The van der Waals surface area contributed by atoms with Gasteiger partial charge >= 0.3 is 0 Å². The van der Waals surface area contributed by atoms with Crippen LogP contribution >= 0.6 is 12.6 Å². The van der Waals surface area contributed by atoms with Crippen LogP contribution in [0.4, 0.5) is 0 Å². The fraction of sp³-hybridized carbons (Fsp3) is 0.533. The van der Waals surface area contributed by atoms with Gasteiger partial charge in [-0.2, -0.15) is 0 Å². The first-order valence-electron chi connectivity index (χ1n) is 6.49. The van der Waals surface area contributed by atoms with Gasteiger partial charge in [0.1, 0.15) is 17.5 Å². The van der Waals surface area contributed by atoms with Crippen molar-refractivity contribution >= 4 is 18.4 Å². The molecule has 0 spiro atoms. The summed E-state index contributed by atoms with van der Waals surface area (Å²) in [7, 11) is 0. The Kier molecular flexibility index (Phi) is 6.88. The highest BCUT2D eigenvalue weighted by atomic mass is 32.1. The Morgan fingerprint density at radius 1 is 1.33 bits per heavy atom. The summed E-state index contributed by atoms with van der Waals surface area (Å²) in [5, 5.41) is 0. The number of hydrogen-bond donors (Lipinski definition) is 1. The molecule has 18 heavy (non-hydrogen) atoms. The summed E-state index contributed by atoms with van der Waals surface area (Å²) in [5.74, 6) is 1.78. The van der Waals surface area contributed by atoms with Crippen molar-refractivity contribution in [1.29, 1.82) is 0 Å². The Bertz CT molecular complexity index is 375. The van der Waals surface area contributed by atoms with E-state index >= 15 is 0 Å². The highest BCUT2D eigenvalue weighted by Gasteiger charge is 2.06. The Morgan fingerprint density at radius 2 is 2.11 bits per heavy atom. The second-order valence-electron chi connectivity index (χ2n) is 4.75. The molecule has 0 radical (unpaired) electrons. The SMILES string of the molecule is CC(C)C(=O)CCCCc1cccc(OCS)c1. The van der Waals surface area contributed by atoms with Crippen molar-refractivity contribution in [2.45, 2.75) is 39.5 Å². The Balaban J connectivity index is 2.30. The lowest BCUT2D eigenvalue weighted by molar-refractivity contribution is -0.122. The van der Waals surface area contributed by atoms with Crippen LogP contribution in [-0.4, -0.2) is 11.7 Å². The predicted octanol–water partition coefficient (Wildman–Crippen LogP) is 3.89. The number of Topliss-reactive ketones (excluding diaryl/α,β-unsaturated/α-hetero) is 1. The third-order valence-electron chi connectivity index (χ3n) is 2.91. The fourth-order valence-corrected chi connectivity index (χ4v) is 1.93. The molecule has 2 nitrogen and oxygen atoms in total. The number of aryl methyl sites for hydroxylation is 1. The Hall–Kier alpha value is -0.960. The van der Waals surface area contributed by atoms with E-state index in [1.807, 2.05) is 32.0 Å². The smallest absolute Gasteiger partial charge is 0.135 e. The maximum absolute atomic E-state index is 11.5. The molecule has 0 aliphatic rings. The van der Waals surface area contributed by atoms with E-state index in [4.69, 9.17) is 4.74 Å². The maximum Gasteiger partial charge on any atom is 0.135 e. The number of unbranched alkanes of at least 4 members (excludes halogenated alkanes) is 1. The minimum absolute atomic E-state index is 0.164. The number of thiol groups is 1. The van der Waals surface area contributed by atoms with Gasteiger partial charge in [0.15, 0.2) is 0 Å². The van der Waals surface area contributed by atoms with Crippen molar-refractivity contribution in [1.82, 2.24) is 0 Å². The summed E-state index contributed by atoms with van der Waals surface area (Å²) in [6, 6.07) is 8.06. The van der Waals surface area contributed by atoms with Crippen LogP contribution in [0.1, 0.15) is 38.7 Å². The third kappa shape index (κ3) is 5.58. The molecule has 1 aromatic rings. The number of hydrogen-bond acceptors (Lipinski definition) is 3. The van der Waals surface area contributed by atoms with Gasteiger partial charge in [-0.1, -0.05) is 26.0 Å². The number of carbonyl (C=O) groups is 1. The lowest BCUT2D eigenvalue weighted by Gasteiger charge is -2.06. The summed E-state index contributed by atoms with van der Waals surface area (Å²) in [5.41, 5.74) is 1.26. The fourth-order valence-electron chi connectivity index (χ4n) is 1.78. The monoisotopic (exact) mass is 266 g/mol. The van der Waals surface area contributed by atoms with Gasteiger partial charge in [-0.15, -0.1) is 12.6 Å². The van der Waals surface area contributed by atoms with Crippen LogP contribution in [0.5, 0.6) is 5.75 Å². The Labute approximate surface area is 115 Å². The molecule has 0 unspecified atom stereocenters. The van der Waals surface area contributed by atoms with Crippen LogP contribution in [0.15, 0.2) is 24.3 Å². The summed E-state index contributed by atoms with van der Waals surface area (Å²) in [6.07, 6.45) is 3.71. The zero-order valence-electron chi connectivity index (χ0n) is 11.2. The molecule has 0 N–H and O–H groups in total. The highest BCUT2D eigenvalue weighted by molar-refractivity contribution is 7.80. The van der Waals surface area contributed by atoms with Gasteiger partial charge in [-0.05, 0) is 37.0 Å². The summed E-state index contributed by atoms with van der Waals surface area (Å²) in [4.78, 5) is 11.5. The molecule has 0 amide bonds. The molecule has 1 aromatic carbocycles. The number of rotatable bonds is 8. The van der Waals surface area contributed by atoms with Crippen LogP contribution < -0.4 is 4.74 Å². The predicted molar refractivity (Wildman–Crippen MR) is 78.3 cm³/mol. The molecule has 0 aromatic heterocycles. The van der Waals surface area contributed by atoms with Gasteiger partial charge in [0.2, 0.25) is 0 Å². The minimum atomic E-state index is 0.164. The van der Waals surface area contributed by atoms with Gasteiger partial charge < -0.3 is 4.74 Å². The molecular formula is C15H22O2S. The first-order valence-corrected chi connectivity index (χ1v) is 7.12. The zero-order chi connectivity index (χ0) is 13.4. The van der Waals surface area contributed by atoms with Crippen LogP contribution in [0.3, 0.4) is 0 Å². The second-order valence-corrected chi connectivity index (χ2v) is 5.01. The van der Waals surface area contributed by atoms with E-state index in [-0.39, 0.29) is 5.92 Å². The molecule has 0 atom stereocenters. The quantitative estimate of drug-likeness (QED) is 0.439. The van der Waals surface area contributed by atoms with Gasteiger partial charge in [-0.3, -0.25) is 4.79 Å². The largest absolute Gasteiger partial charge is 0.483 e. The number of ketones is 1. The van der Waals surface area contributed by atoms with E-state index in [1.54, 1.807) is 0 Å². The Morgan fingerprint density at radius 3 is 2.78 bits per heavy atom. The average Bonchev–Trinajstić information content (AvgIpc) is 2.35. The maximum atomic E-state index is 11.5. The van der Waals surface area contributed by atoms with Crippen molar-refractivity contribution in [3.63, 3.8) is 0 Å². The van der Waals surface area contributed by atoms with Gasteiger partial charge in [-0.25, -0.2) is 0 Å². The van der Waals surface area contributed by atoms with Crippen molar-refractivity contribution in [2.24, 2.45) is 5.92 Å². The zero-order valence-corrected chi connectivity index (χ0v) is 12.1. The molecule has 0 saturated carbocycles. The van der Waals surface area contributed by atoms with E-state index in [0.29, 0.717) is 18.1 Å². The minimum Gasteiger partial charge on any atom is -0.483 e. The molecule has 0 aliphatic carbocycles. The van der Waals surface area contributed by atoms with Gasteiger partial charge in [0, 0.05) is 12.3 Å². The lowest BCUT2D eigenvalue weighted by atomic mass is 10.0. The van der Waals surface area contributed by atoms with Gasteiger partial charge in [0.05, 0.1) is 0 Å². The number of ether oxygens (including phenoxy) is 1. The molecule has 100 valence electrons. The van der Waals surface area contributed by atoms with E-state index in [1.165, 1.54) is 5.56 Å². The van der Waals surface area contributed by atoms with E-state index in [9.17, 15) is 4.79 Å². The molecular weight excluding hydrogens is 244 g/mol. The lowest BCUT2D eigenvalue weighted by Crippen LogP contribution is -2.06. The van der Waals surface area contributed by atoms with Crippen molar-refractivity contribution in [3.05, 3.63) is 29.8 Å². The molecule has 0 saturated heterocycles. The highest BCUT2D eigenvalue weighted by Crippen LogP contribution is 2.16. The van der Waals surface area contributed by atoms with Crippen LogP contribution in [-0.2, 0) is 11.2 Å². The van der Waals surface area contributed by atoms with Crippen molar-refractivity contribution in [3.8, 4) is 5.75 Å². The molecule has 3 heteroatoms. The normalized spacial score (nSPS) is 10.7. The summed E-state index contributed by atoms with van der Waals surface area (Å²) < 4.78 is 5.33. The van der Waals surface area contributed by atoms with E-state index < -0.39 is 0 Å². The van der Waals surface area contributed by atoms with Gasteiger partial charge in [0.25, 0.3) is 0 Å². The van der Waals surface area contributed by atoms with E-state index in [0.717, 1.165) is 25.0 Å².